The molecular formula is C10H8BrClN2S. The van der Waals surface area contributed by atoms with Gasteiger partial charge in [-0.15, -0.1) is 11.3 Å². The van der Waals surface area contributed by atoms with Gasteiger partial charge in [-0.25, -0.2) is 0 Å². The van der Waals surface area contributed by atoms with Crippen molar-refractivity contribution >= 4 is 55.2 Å². The summed E-state index contributed by atoms with van der Waals surface area (Å²) in [5.41, 5.74) is 7.33. The second kappa shape index (κ2) is 4.43. The van der Waals surface area contributed by atoms with Crippen molar-refractivity contribution in [3.05, 3.63) is 39.1 Å². The lowest BCUT2D eigenvalue weighted by atomic mass is 10.3. The van der Waals surface area contributed by atoms with E-state index in [4.69, 9.17) is 17.3 Å². The highest BCUT2D eigenvalue weighted by atomic mass is 79.9. The maximum Gasteiger partial charge on any atom is 0.0938 e. The van der Waals surface area contributed by atoms with E-state index in [0.717, 1.165) is 15.2 Å². The zero-order valence-corrected chi connectivity index (χ0v) is 10.8. The Morgan fingerprint density at radius 3 is 2.80 bits per heavy atom. The first kappa shape index (κ1) is 10.8. The monoisotopic (exact) mass is 302 g/mol. The van der Waals surface area contributed by atoms with Gasteiger partial charge in [-0.2, -0.15) is 0 Å². The van der Waals surface area contributed by atoms with Crippen LogP contribution in [0.25, 0.3) is 0 Å². The van der Waals surface area contributed by atoms with Gasteiger partial charge in [0.05, 0.1) is 16.4 Å². The zero-order valence-electron chi connectivity index (χ0n) is 7.63. The quantitative estimate of drug-likeness (QED) is 0.802. The first-order chi connectivity index (χ1) is 7.15. The van der Waals surface area contributed by atoms with Crippen LogP contribution < -0.4 is 11.1 Å². The Morgan fingerprint density at radius 1 is 1.33 bits per heavy atom. The van der Waals surface area contributed by atoms with E-state index in [2.05, 4.69) is 21.2 Å². The molecule has 0 atom stereocenters. The van der Waals surface area contributed by atoms with Crippen LogP contribution in [0.15, 0.2) is 34.1 Å². The largest absolute Gasteiger partial charge is 0.397 e. The van der Waals surface area contributed by atoms with Gasteiger partial charge in [-0.05, 0) is 40.2 Å². The first-order valence-electron chi connectivity index (χ1n) is 4.21. The van der Waals surface area contributed by atoms with Crippen molar-refractivity contribution in [3.63, 3.8) is 0 Å². The van der Waals surface area contributed by atoms with Crippen molar-refractivity contribution in [2.75, 3.05) is 11.1 Å². The Morgan fingerprint density at radius 2 is 2.13 bits per heavy atom. The van der Waals surface area contributed by atoms with E-state index < -0.39 is 0 Å². The van der Waals surface area contributed by atoms with Crippen LogP contribution in [0, 0.1) is 0 Å². The van der Waals surface area contributed by atoms with Gasteiger partial charge in [0.1, 0.15) is 0 Å². The van der Waals surface area contributed by atoms with Gasteiger partial charge >= 0.3 is 0 Å². The summed E-state index contributed by atoms with van der Waals surface area (Å²) in [5, 5.41) is 6.91. The number of benzene rings is 1. The summed E-state index contributed by atoms with van der Waals surface area (Å²) in [6, 6.07) is 7.36. The van der Waals surface area contributed by atoms with E-state index in [9.17, 15) is 0 Å². The van der Waals surface area contributed by atoms with Crippen molar-refractivity contribution in [2.45, 2.75) is 0 Å². The lowest BCUT2D eigenvalue weighted by molar-refractivity contribution is 1.60. The molecule has 78 valence electrons. The molecule has 1 aromatic carbocycles. The van der Waals surface area contributed by atoms with Gasteiger partial charge in [0.2, 0.25) is 0 Å². The number of nitrogens with one attached hydrogen (secondary N) is 1. The second-order valence-corrected chi connectivity index (χ2v) is 5.25. The number of halogens is 2. The van der Waals surface area contributed by atoms with Gasteiger partial charge in [0.25, 0.3) is 0 Å². The Hall–Kier alpha value is -0.710. The van der Waals surface area contributed by atoms with Crippen LogP contribution >= 0.6 is 38.9 Å². The van der Waals surface area contributed by atoms with Crippen molar-refractivity contribution in [1.82, 2.24) is 0 Å². The minimum atomic E-state index is 0.669. The van der Waals surface area contributed by atoms with E-state index in [1.54, 1.807) is 23.5 Å². The van der Waals surface area contributed by atoms with E-state index in [1.807, 2.05) is 17.5 Å². The molecule has 1 aromatic heterocycles. The maximum absolute atomic E-state index is 5.89. The van der Waals surface area contributed by atoms with Crippen LogP contribution in [-0.4, -0.2) is 0 Å². The standard InChI is InChI=1S/C10H8BrClN2S/c11-6-3-10(15-5-6)14-9-4-7(12)1-2-8(9)13/h1-5,14H,13H2. The normalized spacial score (nSPS) is 10.3. The van der Waals surface area contributed by atoms with Crippen LogP contribution in [0.2, 0.25) is 5.02 Å². The number of nitrogens with two attached hydrogens (primary N) is 1. The Bertz CT molecular complexity index is 484. The third-order valence-electron chi connectivity index (χ3n) is 1.84. The Kier molecular flexibility index (Phi) is 3.19. The summed E-state index contributed by atoms with van der Waals surface area (Å²) in [6.45, 7) is 0. The van der Waals surface area contributed by atoms with Gasteiger partial charge in [-0.3, -0.25) is 0 Å². The van der Waals surface area contributed by atoms with Crippen molar-refractivity contribution in [3.8, 4) is 0 Å². The first-order valence-corrected chi connectivity index (χ1v) is 6.26. The number of hydrogen-bond donors (Lipinski definition) is 2. The molecule has 0 radical (unpaired) electrons. The summed E-state index contributed by atoms with van der Waals surface area (Å²) in [7, 11) is 0. The summed E-state index contributed by atoms with van der Waals surface area (Å²) >= 11 is 10.9. The van der Waals surface area contributed by atoms with E-state index >= 15 is 0 Å². The minimum Gasteiger partial charge on any atom is -0.397 e. The zero-order chi connectivity index (χ0) is 10.8. The van der Waals surface area contributed by atoms with Gasteiger partial charge < -0.3 is 11.1 Å². The molecule has 0 unspecified atom stereocenters. The lowest BCUT2D eigenvalue weighted by Gasteiger charge is -2.07. The molecule has 2 aromatic rings. The second-order valence-electron chi connectivity index (χ2n) is 2.99. The molecule has 0 bridgehead atoms. The van der Waals surface area contributed by atoms with E-state index in [-0.39, 0.29) is 0 Å². The number of thiophene rings is 1. The number of hydrogen-bond acceptors (Lipinski definition) is 3. The van der Waals surface area contributed by atoms with Crippen molar-refractivity contribution in [1.29, 1.82) is 0 Å². The van der Waals surface area contributed by atoms with Crippen molar-refractivity contribution in [2.24, 2.45) is 0 Å². The van der Waals surface area contributed by atoms with Gasteiger partial charge in [0, 0.05) is 14.9 Å². The fraction of sp³-hybridized carbons (Fsp3) is 0. The highest BCUT2D eigenvalue weighted by molar-refractivity contribution is 9.10. The number of rotatable bonds is 2. The molecule has 0 aliphatic carbocycles. The topological polar surface area (TPSA) is 38.0 Å². The molecule has 1 heterocycles. The number of anilines is 3. The predicted octanol–water partition coefficient (Wildman–Crippen LogP) is 4.49. The molecule has 0 saturated heterocycles. The maximum atomic E-state index is 5.89. The third-order valence-corrected chi connectivity index (χ3v) is 3.68. The SMILES string of the molecule is Nc1ccc(Cl)cc1Nc1cc(Br)cs1. The van der Waals surface area contributed by atoms with Crippen LogP contribution in [0.5, 0.6) is 0 Å². The lowest BCUT2D eigenvalue weighted by Crippen LogP contribution is -1.94. The van der Waals surface area contributed by atoms with Crippen LogP contribution in [0.1, 0.15) is 0 Å². The molecule has 0 spiro atoms. The molecule has 0 fully saturated rings. The fourth-order valence-electron chi connectivity index (χ4n) is 1.15. The van der Waals surface area contributed by atoms with Crippen LogP contribution in [0.4, 0.5) is 16.4 Å². The highest BCUT2D eigenvalue weighted by Gasteiger charge is 2.02. The molecule has 3 N–H and O–H groups in total. The molecule has 0 amide bonds. The highest BCUT2D eigenvalue weighted by Crippen LogP contribution is 2.31. The predicted molar refractivity (Wildman–Crippen MR) is 71.2 cm³/mol. The summed E-state index contributed by atoms with van der Waals surface area (Å²) in [4.78, 5) is 0. The molecule has 15 heavy (non-hydrogen) atoms. The average Bonchev–Trinajstić information content (AvgIpc) is 2.58. The summed E-state index contributed by atoms with van der Waals surface area (Å²) in [5.74, 6) is 0. The van der Waals surface area contributed by atoms with Crippen LogP contribution in [0.3, 0.4) is 0 Å². The minimum absolute atomic E-state index is 0.669. The number of nitrogen functional groups attached to an aromatic ring is 1. The Labute approximate surface area is 105 Å². The van der Waals surface area contributed by atoms with E-state index in [1.165, 1.54) is 0 Å². The molecule has 0 aliphatic heterocycles. The fourth-order valence-corrected chi connectivity index (χ4v) is 2.65. The average molecular weight is 304 g/mol. The van der Waals surface area contributed by atoms with Crippen LogP contribution in [-0.2, 0) is 0 Å². The smallest absolute Gasteiger partial charge is 0.0938 e. The molecule has 0 saturated carbocycles. The van der Waals surface area contributed by atoms with Crippen molar-refractivity contribution < 1.29 is 0 Å². The molecule has 2 nitrogen and oxygen atoms in total. The molecule has 2 rings (SSSR count). The Balaban J connectivity index is 2.27. The third kappa shape index (κ3) is 2.65. The molecule has 5 heteroatoms. The molecule has 0 aliphatic rings. The van der Waals surface area contributed by atoms with Gasteiger partial charge in [-0.1, -0.05) is 11.6 Å². The summed E-state index contributed by atoms with van der Waals surface area (Å²) in [6.07, 6.45) is 0. The molecular weight excluding hydrogens is 296 g/mol. The van der Waals surface area contributed by atoms with E-state index in [0.29, 0.717) is 10.7 Å². The summed E-state index contributed by atoms with van der Waals surface area (Å²) < 4.78 is 1.05. The van der Waals surface area contributed by atoms with Gasteiger partial charge in [0.15, 0.2) is 0 Å².